The van der Waals surface area contributed by atoms with Gasteiger partial charge in [-0.25, -0.2) is 0 Å². The zero-order valence-electron chi connectivity index (χ0n) is 9.55. The lowest BCUT2D eigenvalue weighted by Gasteiger charge is -2.20. The van der Waals surface area contributed by atoms with Gasteiger partial charge >= 0.3 is 6.18 Å². The van der Waals surface area contributed by atoms with E-state index in [1.54, 1.807) is 6.92 Å². The average Bonchev–Trinajstić information content (AvgIpc) is 2.26. The molecule has 0 aromatic heterocycles. The molecule has 0 bridgehead atoms. The van der Waals surface area contributed by atoms with Crippen molar-refractivity contribution in [2.45, 2.75) is 32.5 Å². The number of rotatable bonds is 3. The first kappa shape index (κ1) is 14.5. The lowest BCUT2D eigenvalue weighted by atomic mass is 9.94. The van der Waals surface area contributed by atoms with E-state index < -0.39 is 17.8 Å². The lowest BCUT2D eigenvalue weighted by Crippen LogP contribution is -2.11. The molecule has 2 atom stereocenters. The van der Waals surface area contributed by atoms with Crippen LogP contribution in [-0.2, 0) is 6.18 Å². The molecule has 96 valence electrons. The summed E-state index contributed by atoms with van der Waals surface area (Å²) in [6.07, 6.45) is -4.58. The predicted octanol–water partition coefficient (Wildman–Crippen LogP) is 4.55. The van der Waals surface area contributed by atoms with Crippen LogP contribution in [0.25, 0.3) is 0 Å². The summed E-state index contributed by atoms with van der Waals surface area (Å²) in [6.45, 7) is 3.69. The van der Waals surface area contributed by atoms with Gasteiger partial charge in [-0.2, -0.15) is 13.2 Å². The van der Waals surface area contributed by atoms with E-state index in [0.29, 0.717) is 10.9 Å². The third-order valence-electron chi connectivity index (χ3n) is 2.82. The molecule has 0 heterocycles. The van der Waals surface area contributed by atoms with Crippen molar-refractivity contribution in [3.05, 3.63) is 33.8 Å². The summed E-state index contributed by atoms with van der Waals surface area (Å²) in [5.41, 5.74) is -0.452. The van der Waals surface area contributed by atoms with Crippen LogP contribution in [0.2, 0.25) is 0 Å². The Hall–Kier alpha value is -0.550. The normalized spacial score (nSPS) is 15.7. The number of hydrogen-bond donors (Lipinski definition) is 1. The summed E-state index contributed by atoms with van der Waals surface area (Å²) in [4.78, 5) is 0. The molecular formula is C12H14BrF3O. The zero-order valence-corrected chi connectivity index (χ0v) is 11.1. The SMILES string of the molecule is CCC(C)C(O)c1cc(C(F)(F)F)ccc1Br. The molecule has 0 saturated heterocycles. The molecule has 17 heavy (non-hydrogen) atoms. The number of aliphatic hydroxyl groups is 1. The molecule has 0 radical (unpaired) electrons. The van der Waals surface area contributed by atoms with E-state index in [1.165, 1.54) is 6.07 Å². The van der Waals surface area contributed by atoms with Gasteiger partial charge in [0, 0.05) is 4.47 Å². The van der Waals surface area contributed by atoms with Crippen LogP contribution >= 0.6 is 15.9 Å². The fraction of sp³-hybridized carbons (Fsp3) is 0.500. The minimum absolute atomic E-state index is 0.0882. The summed E-state index contributed by atoms with van der Waals surface area (Å²) in [6, 6.07) is 3.32. The van der Waals surface area contributed by atoms with Gasteiger partial charge in [-0.15, -0.1) is 0 Å². The van der Waals surface area contributed by atoms with Crippen LogP contribution in [0.1, 0.15) is 37.5 Å². The molecule has 1 N–H and O–H groups in total. The Morgan fingerprint density at radius 2 is 1.94 bits per heavy atom. The standard InChI is InChI=1S/C12H14BrF3O/c1-3-7(2)11(17)9-6-8(12(14,15)16)4-5-10(9)13/h4-7,11,17H,3H2,1-2H3. The van der Waals surface area contributed by atoms with E-state index in [1.807, 2.05) is 6.92 Å². The number of benzene rings is 1. The Labute approximate surface area is 107 Å². The van der Waals surface area contributed by atoms with Crippen LogP contribution in [0.3, 0.4) is 0 Å². The molecular weight excluding hydrogens is 297 g/mol. The minimum Gasteiger partial charge on any atom is -0.388 e. The number of aliphatic hydroxyl groups excluding tert-OH is 1. The van der Waals surface area contributed by atoms with E-state index in [0.717, 1.165) is 12.1 Å². The smallest absolute Gasteiger partial charge is 0.388 e. The van der Waals surface area contributed by atoms with Crippen LogP contribution in [0.5, 0.6) is 0 Å². The Balaban J connectivity index is 3.15. The van der Waals surface area contributed by atoms with Crippen LogP contribution in [-0.4, -0.2) is 5.11 Å². The first-order valence-electron chi connectivity index (χ1n) is 5.32. The van der Waals surface area contributed by atoms with E-state index in [4.69, 9.17) is 0 Å². The van der Waals surface area contributed by atoms with Crippen molar-refractivity contribution in [3.63, 3.8) is 0 Å². The Kier molecular flexibility index (Phi) is 4.61. The summed E-state index contributed by atoms with van der Waals surface area (Å²) >= 11 is 3.17. The molecule has 5 heteroatoms. The third-order valence-corrected chi connectivity index (χ3v) is 3.55. The molecule has 0 fully saturated rings. The summed E-state index contributed by atoms with van der Waals surface area (Å²) in [5, 5.41) is 9.96. The van der Waals surface area contributed by atoms with Crippen molar-refractivity contribution in [2.24, 2.45) is 5.92 Å². The fourth-order valence-corrected chi connectivity index (χ4v) is 1.96. The van der Waals surface area contributed by atoms with Crippen LogP contribution in [0, 0.1) is 5.92 Å². The molecule has 0 aliphatic rings. The van der Waals surface area contributed by atoms with Gasteiger partial charge in [0.15, 0.2) is 0 Å². The third kappa shape index (κ3) is 3.45. The second-order valence-electron chi connectivity index (χ2n) is 4.06. The topological polar surface area (TPSA) is 20.2 Å². The van der Waals surface area contributed by atoms with Crippen molar-refractivity contribution < 1.29 is 18.3 Å². The largest absolute Gasteiger partial charge is 0.416 e. The average molecular weight is 311 g/mol. The van der Waals surface area contributed by atoms with Gasteiger partial charge in [0.1, 0.15) is 0 Å². The monoisotopic (exact) mass is 310 g/mol. The van der Waals surface area contributed by atoms with E-state index in [-0.39, 0.29) is 11.5 Å². The zero-order chi connectivity index (χ0) is 13.2. The van der Waals surface area contributed by atoms with Gasteiger partial charge in [0.25, 0.3) is 0 Å². The quantitative estimate of drug-likeness (QED) is 0.868. The Bertz CT molecular complexity index is 390. The molecule has 0 spiro atoms. The van der Waals surface area contributed by atoms with Crippen molar-refractivity contribution in [1.82, 2.24) is 0 Å². The van der Waals surface area contributed by atoms with Crippen LogP contribution < -0.4 is 0 Å². The van der Waals surface area contributed by atoms with Gasteiger partial charge in [-0.3, -0.25) is 0 Å². The molecule has 0 aliphatic heterocycles. The second kappa shape index (κ2) is 5.40. The molecule has 1 rings (SSSR count). The molecule has 1 nitrogen and oxygen atoms in total. The van der Waals surface area contributed by atoms with E-state index in [2.05, 4.69) is 15.9 Å². The molecule has 1 aromatic rings. The summed E-state index contributed by atoms with van der Waals surface area (Å²) < 4.78 is 38.1. The first-order chi connectivity index (χ1) is 7.77. The maximum atomic E-state index is 12.5. The first-order valence-corrected chi connectivity index (χ1v) is 6.11. The fourth-order valence-electron chi connectivity index (χ4n) is 1.48. The van der Waals surface area contributed by atoms with Crippen molar-refractivity contribution >= 4 is 15.9 Å². The van der Waals surface area contributed by atoms with Crippen molar-refractivity contribution in [2.75, 3.05) is 0 Å². The second-order valence-corrected chi connectivity index (χ2v) is 4.92. The highest BCUT2D eigenvalue weighted by molar-refractivity contribution is 9.10. The minimum atomic E-state index is -4.38. The number of halogens is 4. The molecule has 0 aliphatic carbocycles. The molecule has 1 aromatic carbocycles. The van der Waals surface area contributed by atoms with E-state index >= 15 is 0 Å². The Morgan fingerprint density at radius 1 is 1.35 bits per heavy atom. The Morgan fingerprint density at radius 3 is 2.41 bits per heavy atom. The maximum Gasteiger partial charge on any atom is 0.416 e. The maximum absolute atomic E-state index is 12.5. The van der Waals surface area contributed by atoms with Gasteiger partial charge in [-0.1, -0.05) is 36.2 Å². The molecule has 0 amide bonds. The van der Waals surface area contributed by atoms with Gasteiger partial charge in [0.05, 0.1) is 11.7 Å². The lowest BCUT2D eigenvalue weighted by molar-refractivity contribution is -0.137. The van der Waals surface area contributed by atoms with Crippen LogP contribution in [0.4, 0.5) is 13.2 Å². The highest BCUT2D eigenvalue weighted by Gasteiger charge is 2.32. The van der Waals surface area contributed by atoms with Gasteiger partial charge in [0.2, 0.25) is 0 Å². The van der Waals surface area contributed by atoms with Gasteiger partial charge in [-0.05, 0) is 29.7 Å². The van der Waals surface area contributed by atoms with Gasteiger partial charge < -0.3 is 5.11 Å². The summed E-state index contributed by atoms with van der Waals surface area (Å²) in [7, 11) is 0. The predicted molar refractivity (Wildman–Crippen MR) is 63.6 cm³/mol. The molecule has 0 saturated carbocycles. The highest BCUT2D eigenvalue weighted by atomic mass is 79.9. The number of alkyl halides is 3. The van der Waals surface area contributed by atoms with E-state index in [9.17, 15) is 18.3 Å². The van der Waals surface area contributed by atoms with Crippen molar-refractivity contribution in [1.29, 1.82) is 0 Å². The van der Waals surface area contributed by atoms with Crippen molar-refractivity contribution in [3.8, 4) is 0 Å². The van der Waals surface area contributed by atoms with Crippen LogP contribution in [0.15, 0.2) is 22.7 Å². The summed E-state index contributed by atoms with van der Waals surface area (Å²) in [5.74, 6) is -0.0882. The molecule has 2 unspecified atom stereocenters. The highest BCUT2D eigenvalue weighted by Crippen LogP contribution is 2.36. The number of hydrogen-bond acceptors (Lipinski definition) is 1.